The number of hydrogen-bond acceptors (Lipinski definition) is 8. The van der Waals surface area contributed by atoms with Gasteiger partial charge in [-0.05, 0) is 24.2 Å². The number of rotatable bonds is 6. The molecule has 0 saturated heterocycles. The Labute approximate surface area is 123 Å². The summed E-state index contributed by atoms with van der Waals surface area (Å²) in [6.07, 6.45) is 1.44. The molecule has 10 heteroatoms. The van der Waals surface area contributed by atoms with E-state index in [1.165, 1.54) is 0 Å². The molecule has 120 valence electrons. The van der Waals surface area contributed by atoms with E-state index in [4.69, 9.17) is 0 Å². The maximum Gasteiger partial charge on any atom is 0.305 e. The highest BCUT2D eigenvalue weighted by molar-refractivity contribution is 7.99. The summed E-state index contributed by atoms with van der Waals surface area (Å²) < 4.78 is 50.7. The second-order valence-corrected chi connectivity index (χ2v) is 9.57. The van der Waals surface area contributed by atoms with Crippen molar-refractivity contribution < 1.29 is 25.3 Å². The van der Waals surface area contributed by atoms with E-state index in [2.05, 4.69) is 8.81 Å². The van der Waals surface area contributed by atoms with E-state index in [1.807, 2.05) is 13.8 Å². The number of nitrogens with zero attached hydrogens (tertiary/aromatic N) is 1. The van der Waals surface area contributed by atoms with Gasteiger partial charge in [-0.2, -0.15) is 16.8 Å². The fraction of sp³-hybridized carbons (Fsp3) is 0.909. The van der Waals surface area contributed by atoms with Crippen LogP contribution in [0.2, 0.25) is 0 Å². The van der Waals surface area contributed by atoms with Crippen LogP contribution >= 0.6 is 0 Å². The minimum Gasteiger partial charge on any atom is -0.299 e. The average Bonchev–Trinajstić information content (AvgIpc) is 2.60. The molecule has 0 aromatic heterocycles. The van der Waals surface area contributed by atoms with Crippen LogP contribution in [0.5, 0.6) is 0 Å². The van der Waals surface area contributed by atoms with E-state index in [0.717, 1.165) is 6.42 Å². The van der Waals surface area contributed by atoms with Gasteiger partial charge in [0.25, 0.3) is 10.1 Å². The van der Waals surface area contributed by atoms with Gasteiger partial charge in [0.15, 0.2) is 0 Å². The molecule has 2 aliphatic carbocycles. The van der Waals surface area contributed by atoms with Crippen molar-refractivity contribution >= 4 is 26.0 Å². The zero-order chi connectivity index (χ0) is 16.1. The summed E-state index contributed by atoms with van der Waals surface area (Å²) in [7, 11) is -9.09. The fourth-order valence-corrected chi connectivity index (χ4v) is 6.72. The topological polar surface area (TPSA) is 124 Å². The smallest absolute Gasteiger partial charge is 0.299 e. The first-order valence-corrected chi connectivity index (χ1v) is 9.60. The molecule has 2 atom stereocenters. The number of nitroso groups, excluding NO2 is 1. The van der Waals surface area contributed by atoms with E-state index >= 15 is 0 Å². The van der Waals surface area contributed by atoms with Crippen LogP contribution < -0.4 is 0 Å². The first-order chi connectivity index (χ1) is 9.46. The molecular weight excluding hydrogens is 322 g/mol. The largest absolute Gasteiger partial charge is 0.305 e. The number of ketones is 1. The highest BCUT2D eigenvalue weighted by Gasteiger charge is 2.65. The molecule has 0 radical (unpaired) electrons. The third-order valence-electron chi connectivity index (χ3n) is 4.98. The first-order valence-electron chi connectivity index (χ1n) is 6.45. The van der Waals surface area contributed by atoms with Crippen molar-refractivity contribution in [3.8, 4) is 0 Å². The lowest BCUT2D eigenvalue weighted by Gasteiger charge is -2.35. The molecule has 0 aliphatic heterocycles. The molecule has 0 aromatic rings. The van der Waals surface area contributed by atoms with Crippen LogP contribution in [0.3, 0.4) is 0 Å². The van der Waals surface area contributed by atoms with Gasteiger partial charge in [0.05, 0.1) is 11.2 Å². The molecule has 8 nitrogen and oxygen atoms in total. The zero-order valence-corrected chi connectivity index (χ0v) is 13.4. The molecule has 2 rings (SSSR count). The van der Waals surface area contributed by atoms with Crippen LogP contribution in [0.25, 0.3) is 0 Å². The molecule has 0 amide bonds. The SMILES string of the molecule is CC1(C)C2CCC1(CS(=O)(=O)OS(=O)(=O)CN=O)C(=O)C2. The molecule has 0 spiro atoms. The third kappa shape index (κ3) is 2.64. The Morgan fingerprint density at radius 2 is 1.86 bits per heavy atom. The van der Waals surface area contributed by atoms with E-state index < -0.39 is 42.7 Å². The molecule has 2 bridgehead atoms. The number of carbonyl (C=O) groups is 1. The number of Topliss-reactive ketones (excluding diaryl/α,β-unsaturated/α-hetero) is 1. The summed E-state index contributed by atoms with van der Waals surface area (Å²) in [4.78, 5) is 22.2. The Hall–Kier alpha value is -0.870. The Morgan fingerprint density at radius 1 is 1.24 bits per heavy atom. The fourth-order valence-electron chi connectivity index (χ4n) is 3.68. The van der Waals surface area contributed by atoms with Gasteiger partial charge in [-0.25, -0.2) is 0 Å². The van der Waals surface area contributed by atoms with Gasteiger partial charge in [-0.1, -0.05) is 19.0 Å². The van der Waals surface area contributed by atoms with Gasteiger partial charge >= 0.3 is 10.1 Å². The predicted molar refractivity (Wildman–Crippen MR) is 73.0 cm³/mol. The van der Waals surface area contributed by atoms with Crippen molar-refractivity contribution in [2.45, 2.75) is 33.1 Å². The Bertz CT molecular complexity index is 679. The standard InChI is InChI=1S/C11H17NO7S2/c1-10(2)8-3-4-11(10,9(13)5-8)6-20(15,16)19-21(17,18)7-12-14/h8H,3-7H2,1-2H3. The van der Waals surface area contributed by atoms with E-state index in [-0.39, 0.29) is 11.7 Å². The minimum atomic E-state index is -4.59. The summed E-state index contributed by atoms with van der Waals surface area (Å²) in [6, 6.07) is 0. The quantitative estimate of drug-likeness (QED) is 0.655. The van der Waals surface area contributed by atoms with Crippen LogP contribution in [0.4, 0.5) is 0 Å². The van der Waals surface area contributed by atoms with Crippen LogP contribution in [-0.2, 0) is 28.7 Å². The van der Waals surface area contributed by atoms with Gasteiger partial charge in [0, 0.05) is 6.42 Å². The second-order valence-electron chi connectivity index (χ2n) is 6.25. The van der Waals surface area contributed by atoms with E-state index in [0.29, 0.717) is 12.8 Å². The van der Waals surface area contributed by atoms with E-state index in [1.54, 1.807) is 0 Å². The summed E-state index contributed by atoms with van der Waals surface area (Å²) in [6.45, 7) is 3.65. The summed E-state index contributed by atoms with van der Waals surface area (Å²) in [5.74, 6) is -2.02. The molecule has 2 fully saturated rings. The van der Waals surface area contributed by atoms with Gasteiger partial charge in [0.1, 0.15) is 5.78 Å². The number of fused-ring (bicyclic) bond motifs is 2. The monoisotopic (exact) mass is 339 g/mol. The van der Waals surface area contributed by atoms with Crippen LogP contribution in [-0.4, -0.2) is 34.2 Å². The van der Waals surface area contributed by atoms with Crippen LogP contribution in [0.1, 0.15) is 33.1 Å². The van der Waals surface area contributed by atoms with Crippen LogP contribution in [0, 0.1) is 21.7 Å². The molecular formula is C11H17NO7S2. The van der Waals surface area contributed by atoms with Gasteiger partial charge in [-0.15, -0.1) is 8.54 Å². The molecule has 21 heavy (non-hydrogen) atoms. The Morgan fingerprint density at radius 3 is 2.29 bits per heavy atom. The summed E-state index contributed by atoms with van der Waals surface area (Å²) in [5.41, 5.74) is -1.63. The highest BCUT2D eigenvalue weighted by atomic mass is 32.3. The maximum atomic E-state index is 12.2. The number of carbonyl (C=O) groups excluding carboxylic acids is 1. The van der Waals surface area contributed by atoms with Gasteiger partial charge < -0.3 is 0 Å². The van der Waals surface area contributed by atoms with Crippen molar-refractivity contribution in [3.05, 3.63) is 4.91 Å². The minimum absolute atomic E-state index is 0.105. The number of hydrogen-bond donors (Lipinski definition) is 0. The Kier molecular flexibility index (Phi) is 3.78. The van der Waals surface area contributed by atoms with E-state index in [9.17, 15) is 26.5 Å². The normalized spacial score (nSPS) is 31.5. The van der Waals surface area contributed by atoms with Crippen molar-refractivity contribution in [1.82, 2.24) is 0 Å². The van der Waals surface area contributed by atoms with Crippen molar-refractivity contribution in [2.24, 2.45) is 21.9 Å². The maximum absolute atomic E-state index is 12.2. The lowest BCUT2D eigenvalue weighted by atomic mass is 9.70. The second kappa shape index (κ2) is 4.82. The first kappa shape index (κ1) is 16.5. The molecule has 2 unspecified atom stereocenters. The van der Waals surface area contributed by atoms with Gasteiger partial charge in [0.2, 0.25) is 5.88 Å². The van der Waals surface area contributed by atoms with Crippen LogP contribution in [0.15, 0.2) is 5.18 Å². The average molecular weight is 339 g/mol. The summed E-state index contributed by atoms with van der Waals surface area (Å²) in [5, 5.41) is 2.12. The predicted octanol–water partition coefficient (Wildman–Crippen LogP) is 0.782. The molecule has 2 saturated carbocycles. The molecule has 0 heterocycles. The zero-order valence-electron chi connectivity index (χ0n) is 11.7. The van der Waals surface area contributed by atoms with Crippen molar-refractivity contribution in [1.29, 1.82) is 0 Å². The molecule has 0 aromatic carbocycles. The van der Waals surface area contributed by atoms with Crippen molar-refractivity contribution in [2.75, 3.05) is 11.6 Å². The van der Waals surface area contributed by atoms with Gasteiger partial charge in [-0.3, -0.25) is 4.79 Å². The molecule has 2 aliphatic rings. The lowest BCUT2D eigenvalue weighted by molar-refractivity contribution is -0.128. The van der Waals surface area contributed by atoms with Crippen molar-refractivity contribution in [3.63, 3.8) is 0 Å². The molecule has 0 N–H and O–H groups in total. The summed E-state index contributed by atoms with van der Waals surface area (Å²) >= 11 is 0. The third-order valence-corrected chi connectivity index (χ3v) is 7.91. The lowest BCUT2D eigenvalue weighted by Crippen LogP contribution is -2.43. The highest BCUT2D eigenvalue weighted by Crippen LogP contribution is 2.64. The Balaban J connectivity index is 2.28.